The molecule has 4 nitrogen and oxygen atoms in total. The van der Waals surface area contributed by atoms with Crippen LogP contribution in [0.3, 0.4) is 0 Å². The van der Waals surface area contributed by atoms with Crippen molar-refractivity contribution in [2.45, 2.75) is 25.2 Å². The predicted molar refractivity (Wildman–Crippen MR) is 67.6 cm³/mol. The Bertz CT molecular complexity index is 563. The normalized spacial score (nSPS) is 15.7. The summed E-state index contributed by atoms with van der Waals surface area (Å²) in [6, 6.07) is 5.59. The Morgan fingerprint density at radius 1 is 1.33 bits per heavy atom. The fourth-order valence-electron chi connectivity index (χ4n) is 1.99. The molecule has 1 aliphatic heterocycles. The van der Waals surface area contributed by atoms with Crippen LogP contribution in [0.4, 0.5) is 28.9 Å². The molecule has 0 spiro atoms. The van der Waals surface area contributed by atoms with Crippen molar-refractivity contribution in [3.8, 4) is 0 Å². The van der Waals surface area contributed by atoms with Crippen molar-refractivity contribution in [3.63, 3.8) is 0 Å². The smallest absolute Gasteiger partial charge is 0.321 e. The van der Waals surface area contributed by atoms with Gasteiger partial charge in [0.05, 0.1) is 0 Å². The zero-order valence-corrected chi connectivity index (χ0v) is 10.8. The summed E-state index contributed by atoms with van der Waals surface area (Å²) in [5, 5.41) is 1.74. The summed E-state index contributed by atoms with van der Waals surface area (Å²) in [4.78, 5) is 24.2. The average Bonchev–Trinajstić information content (AvgIpc) is 2.85. The number of halogens is 4. The third-order valence-corrected chi connectivity index (χ3v) is 3.07. The van der Waals surface area contributed by atoms with Gasteiger partial charge >= 0.3 is 18.3 Å². The number of alkyl halides is 4. The lowest BCUT2D eigenvalue weighted by molar-refractivity contribution is -0.163. The number of rotatable bonds is 4. The van der Waals surface area contributed by atoms with Crippen molar-refractivity contribution in [2.24, 2.45) is 0 Å². The van der Waals surface area contributed by atoms with Gasteiger partial charge in [-0.25, -0.2) is 8.78 Å². The van der Waals surface area contributed by atoms with Crippen LogP contribution in [0.1, 0.15) is 12.8 Å². The molecule has 1 aliphatic rings. The summed E-state index contributed by atoms with van der Waals surface area (Å²) in [6.07, 6.45) is -3.01. The van der Waals surface area contributed by atoms with Crippen LogP contribution in [0.15, 0.2) is 24.3 Å². The molecule has 0 atom stereocenters. The van der Waals surface area contributed by atoms with E-state index < -0.39 is 18.3 Å². The highest BCUT2D eigenvalue weighted by molar-refractivity contribution is 5.98. The number of carbonyl (C=O) groups excluding carboxylic acids is 2. The lowest BCUT2D eigenvalue weighted by Gasteiger charge is -2.18. The number of carbonyl (C=O) groups is 2. The Kier molecular flexibility index (Phi) is 4.15. The van der Waals surface area contributed by atoms with Gasteiger partial charge in [0.25, 0.3) is 0 Å². The summed E-state index contributed by atoms with van der Waals surface area (Å²) >= 11 is 0. The molecule has 0 unspecified atom stereocenters. The van der Waals surface area contributed by atoms with Gasteiger partial charge in [-0.15, -0.1) is 0 Å². The highest BCUT2D eigenvalue weighted by Crippen LogP contribution is 2.27. The summed E-state index contributed by atoms with van der Waals surface area (Å²) in [7, 11) is 0. The monoisotopic (exact) mass is 304 g/mol. The largest absolute Gasteiger partial charge is 0.383 e. The van der Waals surface area contributed by atoms with Gasteiger partial charge in [0.1, 0.15) is 0 Å². The topological polar surface area (TPSA) is 49.4 Å². The molecule has 0 aliphatic carbocycles. The minimum atomic E-state index is -4.76. The summed E-state index contributed by atoms with van der Waals surface area (Å²) < 4.78 is 49.9. The van der Waals surface area contributed by atoms with Crippen molar-refractivity contribution in [1.82, 2.24) is 0 Å². The third kappa shape index (κ3) is 3.14. The van der Waals surface area contributed by atoms with Crippen LogP contribution in [-0.4, -0.2) is 30.7 Å². The fraction of sp³-hybridized carbons (Fsp3) is 0.385. The van der Waals surface area contributed by atoms with E-state index in [1.165, 1.54) is 23.1 Å². The molecule has 1 fully saturated rings. The van der Waals surface area contributed by atoms with E-state index in [9.17, 15) is 27.2 Å². The van der Waals surface area contributed by atoms with Crippen LogP contribution < -0.4 is 10.2 Å². The van der Waals surface area contributed by atoms with Crippen LogP contribution in [0.5, 0.6) is 0 Å². The number of amides is 2. The van der Waals surface area contributed by atoms with E-state index in [4.69, 9.17) is 0 Å². The predicted octanol–water partition coefficient (Wildman–Crippen LogP) is 2.65. The van der Waals surface area contributed by atoms with E-state index in [2.05, 4.69) is 0 Å². The highest BCUT2D eigenvalue weighted by Gasteiger charge is 2.48. The van der Waals surface area contributed by atoms with Crippen LogP contribution in [0.2, 0.25) is 0 Å². The first kappa shape index (κ1) is 15.3. The van der Waals surface area contributed by atoms with Crippen LogP contribution in [0, 0.1) is 0 Å². The minimum absolute atomic E-state index is 0.0717. The minimum Gasteiger partial charge on any atom is -0.321 e. The Morgan fingerprint density at radius 2 is 2.05 bits per heavy atom. The maximum atomic E-state index is 12.9. The molecule has 0 aromatic heterocycles. The van der Waals surface area contributed by atoms with Gasteiger partial charge < -0.3 is 10.2 Å². The van der Waals surface area contributed by atoms with E-state index in [-0.39, 0.29) is 11.6 Å². The standard InChI is InChI=1S/C13H12F4N2O2/c14-11(15)13(16,17)12(21)18-8-3-1-4-9(7-8)19-6-2-5-10(19)20/h1,3-4,7,11H,2,5-6H2,(H,18,21). The average molecular weight is 304 g/mol. The molecule has 114 valence electrons. The number of anilines is 2. The molecule has 0 bridgehead atoms. The summed E-state index contributed by atoms with van der Waals surface area (Å²) in [5.41, 5.74) is 0.355. The molecular weight excluding hydrogens is 292 g/mol. The first-order chi connectivity index (χ1) is 9.82. The zero-order chi connectivity index (χ0) is 15.6. The second kappa shape index (κ2) is 5.71. The van der Waals surface area contributed by atoms with Gasteiger partial charge in [0.15, 0.2) is 0 Å². The van der Waals surface area contributed by atoms with E-state index in [1.54, 1.807) is 11.4 Å². The molecule has 0 saturated carbocycles. The molecule has 1 N–H and O–H groups in total. The second-order valence-electron chi connectivity index (χ2n) is 4.58. The number of hydrogen-bond donors (Lipinski definition) is 1. The Labute approximate surface area is 117 Å². The van der Waals surface area contributed by atoms with Gasteiger partial charge in [-0.3, -0.25) is 9.59 Å². The molecule has 1 aromatic carbocycles. The van der Waals surface area contributed by atoms with E-state index in [1.807, 2.05) is 0 Å². The molecule has 1 heterocycles. The fourth-order valence-corrected chi connectivity index (χ4v) is 1.99. The number of hydrogen-bond acceptors (Lipinski definition) is 2. The Balaban J connectivity index is 2.15. The van der Waals surface area contributed by atoms with Crippen molar-refractivity contribution >= 4 is 23.2 Å². The Morgan fingerprint density at radius 3 is 2.62 bits per heavy atom. The summed E-state index contributed by atoms with van der Waals surface area (Å²) in [5.74, 6) is -6.96. The van der Waals surface area contributed by atoms with Gasteiger partial charge in [-0.05, 0) is 24.6 Å². The first-order valence-electron chi connectivity index (χ1n) is 6.20. The molecule has 2 rings (SSSR count). The lowest BCUT2D eigenvalue weighted by Crippen LogP contribution is -2.41. The number of nitrogens with one attached hydrogen (secondary N) is 1. The maximum Gasteiger partial charge on any atom is 0.383 e. The van der Waals surface area contributed by atoms with Crippen LogP contribution in [-0.2, 0) is 9.59 Å². The quantitative estimate of drug-likeness (QED) is 0.869. The molecule has 8 heteroatoms. The second-order valence-corrected chi connectivity index (χ2v) is 4.58. The van der Waals surface area contributed by atoms with Crippen molar-refractivity contribution in [1.29, 1.82) is 0 Å². The lowest BCUT2D eigenvalue weighted by atomic mass is 10.2. The van der Waals surface area contributed by atoms with E-state index in [0.717, 1.165) is 0 Å². The maximum absolute atomic E-state index is 12.9. The molecule has 2 amide bonds. The van der Waals surface area contributed by atoms with E-state index >= 15 is 0 Å². The molecule has 1 saturated heterocycles. The summed E-state index contributed by atoms with van der Waals surface area (Å²) in [6.45, 7) is 0.490. The third-order valence-electron chi connectivity index (χ3n) is 3.07. The van der Waals surface area contributed by atoms with E-state index in [0.29, 0.717) is 25.1 Å². The molecule has 1 aromatic rings. The highest BCUT2D eigenvalue weighted by atomic mass is 19.3. The molecule has 0 radical (unpaired) electrons. The van der Waals surface area contributed by atoms with Gasteiger partial charge in [-0.1, -0.05) is 6.07 Å². The SMILES string of the molecule is O=C1CCCN1c1cccc(NC(=O)C(F)(F)C(F)F)c1. The van der Waals surface area contributed by atoms with Gasteiger partial charge in [0.2, 0.25) is 5.91 Å². The molecular formula is C13H12F4N2O2. The van der Waals surface area contributed by atoms with Crippen molar-refractivity contribution < 1.29 is 27.2 Å². The van der Waals surface area contributed by atoms with Crippen LogP contribution >= 0.6 is 0 Å². The zero-order valence-electron chi connectivity index (χ0n) is 10.8. The number of benzene rings is 1. The number of nitrogens with zero attached hydrogens (tertiary/aromatic N) is 1. The van der Waals surface area contributed by atoms with Crippen LogP contribution in [0.25, 0.3) is 0 Å². The van der Waals surface area contributed by atoms with Gasteiger partial charge in [0, 0.05) is 24.3 Å². The molecule has 21 heavy (non-hydrogen) atoms. The van der Waals surface area contributed by atoms with Crippen molar-refractivity contribution in [2.75, 3.05) is 16.8 Å². The van der Waals surface area contributed by atoms with Crippen molar-refractivity contribution in [3.05, 3.63) is 24.3 Å². The Hall–Kier alpha value is -2.12. The van der Waals surface area contributed by atoms with Gasteiger partial charge in [-0.2, -0.15) is 8.78 Å². The first-order valence-corrected chi connectivity index (χ1v) is 6.20.